The summed E-state index contributed by atoms with van der Waals surface area (Å²) < 4.78 is 5.06. The predicted octanol–water partition coefficient (Wildman–Crippen LogP) is 3.45. The molecular weight excluding hydrogens is 467 g/mol. The molecule has 0 radical (unpaired) electrons. The highest BCUT2D eigenvalue weighted by molar-refractivity contribution is 6.32. The molecule has 7 nitrogen and oxygen atoms in total. The van der Waals surface area contributed by atoms with Crippen LogP contribution in [0.25, 0.3) is 0 Å². The molecule has 1 N–H and O–H groups in total. The summed E-state index contributed by atoms with van der Waals surface area (Å²) in [7, 11) is 0. The van der Waals surface area contributed by atoms with Gasteiger partial charge in [0.25, 0.3) is 5.91 Å². The van der Waals surface area contributed by atoms with Crippen molar-refractivity contribution in [3.8, 4) is 0 Å². The van der Waals surface area contributed by atoms with E-state index in [0.29, 0.717) is 17.8 Å². The van der Waals surface area contributed by atoms with Crippen molar-refractivity contribution in [3.05, 3.63) is 60.2 Å². The largest absolute Gasteiger partial charge is 0.452 e. The van der Waals surface area contributed by atoms with Gasteiger partial charge in [0, 0.05) is 5.69 Å². The van der Waals surface area contributed by atoms with E-state index in [-0.39, 0.29) is 40.0 Å². The highest BCUT2D eigenvalue weighted by atomic mass is 35.5. The zero-order valence-corrected chi connectivity index (χ0v) is 18.8. The van der Waals surface area contributed by atoms with Crippen LogP contribution < -0.4 is 10.2 Å². The van der Waals surface area contributed by atoms with Crippen molar-refractivity contribution in [2.45, 2.75) is 17.2 Å². The van der Waals surface area contributed by atoms with Gasteiger partial charge in [0.2, 0.25) is 11.8 Å². The Kier molecular flexibility index (Phi) is 5.62. The van der Waals surface area contributed by atoms with Gasteiger partial charge in [-0.1, -0.05) is 18.2 Å². The number of amides is 3. The van der Waals surface area contributed by atoms with Crippen LogP contribution in [0.5, 0.6) is 0 Å². The molecule has 33 heavy (non-hydrogen) atoms. The number of ether oxygens (including phenoxy) is 1. The summed E-state index contributed by atoms with van der Waals surface area (Å²) >= 11 is 12.8. The van der Waals surface area contributed by atoms with Crippen LogP contribution in [0.15, 0.2) is 54.6 Å². The topological polar surface area (TPSA) is 92.8 Å². The SMILES string of the molecule is O=C(COC(=O)c1ccc(N2C(=O)[C@@H]3[C@H]4C[C@@H]([C@H](Cl)[C@H]4Cl)[C@@H]3C2=O)cc1)Nc1ccccc1. The fraction of sp³-hybridized carbons (Fsp3) is 0.333. The summed E-state index contributed by atoms with van der Waals surface area (Å²) in [4.78, 5) is 51.6. The van der Waals surface area contributed by atoms with E-state index in [1.807, 2.05) is 6.07 Å². The molecule has 5 rings (SSSR count). The fourth-order valence-electron chi connectivity index (χ4n) is 5.28. The average Bonchev–Trinajstić information content (AvgIpc) is 3.43. The lowest BCUT2D eigenvalue weighted by atomic mass is 9.80. The second-order valence-electron chi connectivity index (χ2n) is 8.55. The van der Waals surface area contributed by atoms with Gasteiger partial charge in [-0.15, -0.1) is 23.2 Å². The van der Waals surface area contributed by atoms with Gasteiger partial charge in [0.05, 0.1) is 33.8 Å². The highest BCUT2D eigenvalue weighted by Crippen LogP contribution is 2.59. The molecule has 1 saturated heterocycles. The molecule has 2 aliphatic carbocycles. The maximum Gasteiger partial charge on any atom is 0.338 e. The number of benzene rings is 2. The third kappa shape index (κ3) is 3.69. The van der Waals surface area contributed by atoms with E-state index in [1.165, 1.54) is 29.2 Å². The average molecular weight is 487 g/mol. The molecule has 170 valence electrons. The van der Waals surface area contributed by atoms with Crippen LogP contribution in [0.1, 0.15) is 16.8 Å². The number of carbonyl (C=O) groups excluding carboxylic acids is 4. The number of anilines is 2. The van der Waals surface area contributed by atoms with Crippen LogP contribution in [0.4, 0.5) is 11.4 Å². The minimum Gasteiger partial charge on any atom is -0.452 e. The first-order valence-electron chi connectivity index (χ1n) is 10.6. The number of hydrogen-bond acceptors (Lipinski definition) is 5. The Morgan fingerprint density at radius 2 is 1.48 bits per heavy atom. The Labute approximate surface area is 200 Å². The van der Waals surface area contributed by atoms with Crippen LogP contribution in [0.3, 0.4) is 0 Å². The van der Waals surface area contributed by atoms with Crippen LogP contribution in [-0.2, 0) is 19.1 Å². The summed E-state index contributed by atoms with van der Waals surface area (Å²) in [6, 6.07) is 14.8. The molecule has 3 amide bonds. The van der Waals surface area contributed by atoms with Crippen LogP contribution >= 0.6 is 23.2 Å². The van der Waals surface area contributed by atoms with Crippen molar-refractivity contribution in [1.82, 2.24) is 0 Å². The molecule has 1 heterocycles. The molecule has 2 bridgehead atoms. The molecule has 0 unspecified atom stereocenters. The third-order valence-corrected chi connectivity index (χ3v) is 8.06. The summed E-state index contributed by atoms with van der Waals surface area (Å²) in [6.45, 7) is -0.441. The van der Waals surface area contributed by atoms with Gasteiger partial charge in [-0.25, -0.2) is 4.79 Å². The Bertz CT molecular complexity index is 1090. The first-order chi connectivity index (χ1) is 15.9. The van der Waals surface area contributed by atoms with Gasteiger partial charge < -0.3 is 10.1 Å². The number of rotatable bonds is 5. The summed E-state index contributed by atoms with van der Waals surface area (Å²) in [5, 5.41) is 2.00. The van der Waals surface area contributed by atoms with E-state index in [1.54, 1.807) is 24.3 Å². The van der Waals surface area contributed by atoms with Gasteiger partial charge in [0.1, 0.15) is 0 Å². The quantitative estimate of drug-likeness (QED) is 0.396. The number of alkyl halides is 2. The minimum absolute atomic E-state index is 0.0955. The number of carbonyl (C=O) groups is 4. The van der Waals surface area contributed by atoms with E-state index in [4.69, 9.17) is 27.9 Å². The number of imide groups is 1. The summed E-state index contributed by atoms with van der Waals surface area (Å²) in [6.07, 6.45) is 0.700. The molecule has 0 spiro atoms. The molecule has 3 fully saturated rings. The summed E-state index contributed by atoms with van der Waals surface area (Å²) in [5.74, 6) is -2.74. The lowest BCUT2D eigenvalue weighted by Gasteiger charge is -2.28. The minimum atomic E-state index is -0.686. The van der Waals surface area contributed by atoms with Crippen molar-refractivity contribution in [2.75, 3.05) is 16.8 Å². The first kappa shape index (κ1) is 21.9. The number of esters is 1. The second-order valence-corrected chi connectivity index (χ2v) is 9.56. The highest BCUT2D eigenvalue weighted by Gasteiger charge is 2.66. The maximum absolute atomic E-state index is 13.1. The van der Waals surface area contributed by atoms with E-state index < -0.39 is 30.3 Å². The normalized spacial score (nSPS) is 29.8. The van der Waals surface area contributed by atoms with Crippen molar-refractivity contribution < 1.29 is 23.9 Å². The lowest BCUT2D eigenvalue weighted by Crippen LogP contribution is -2.37. The van der Waals surface area contributed by atoms with Gasteiger partial charge in [-0.3, -0.25) is 19.3 Å². The Morgan fingerprint density at radius 3 is 2.06 bits per heavy atom. The van der Waals surface area contributed by atoms with Crippen LogP contribution in [0.2, 0.25) is 0 Å². The number of nitrogens with one attached hydrogen (secondary N) is 1. The van der Waals surface area contributed by atoms with Crippen molar-refractivity contribution in [3.63, 3.8) is 0 Å². The number of fused-ring (bicyclic) bond motifs is 5. The molecule has 6 atom stereocenters. The first-order valence-corrected chi connectivity index (χ1v) is 11.5. The smallest absolute Gasteiger partial charge is 0.338 e. The van der Waals surface area contributed by atoms with Gasteiger partial charge >= 0.3 is 5.97 Å². The van der Waals surface area contributed by atoms with Crippen LogP contribution in [-0.4, -0.2) is 41.1 Å². The number of hydrogen-bond donors (Lipinski definition) is 1. The number of para-hydroxylation sites is 1. The predicted molar refractivity (Wildman–Crippen MR) is 122 cm³/mol. The van der Waals surface area contributed by atoms with E-state index in [0.717, 1.165) is 0 Å². The zero-order chi connectivity index (χ0) is 23.3. The third-order valence-electron chi connectivity index (χ3n) is 6.74. The molecular formula is C24H20Cl2N2O5. The molecule has 3 aliphatic rings. The van der Waals surface area contributed by atoms with Crippen LogP contribution in [0, 0.1) is 23.7 Å². The van der Waals surface area contributed by atoms with E-state index >= 15 is 0 Å². The standard InChI is InChI=1S/C24H20Cl2N2O5/c25-20-15-10-16(21(20)26)19-18(15)22(30)28(23(19)31)14-8-6-12(7-9-14)24(32)33-11-17(29)27-13-4-2-1-3-5-13/h1-9,15-16,18-21H,10-11H2,(H,27,29)/t15-,16-,18-,19+,20+,21+/m1/s1. The number of halogens is 2. The van der Waals surface area contributed by atoms with Gasteiger partial charge in [0.15, 0.2) is 6.61 Å². The van der Waals surface area contributed by atoms with Crippen molar-refractivity contribution in [1.29, 1.82) is 0 Å². The fourth-order valence-corrected chi connectivity index (χ4v) is 6.18. The Balaban J connectivity index is 1.23. The number of nitrogens with zero attached hydrogens (tertiary/aromatic N) is 1. The molecule has 2 aromatic rings. The zero-order valence-electron chi connectivity index (χ0n) is 17.3. The summed E-state index contributed by atoms with van der Waals surface area (Å²) in [5.41, 5.74) is 1.18. The molecule has 2 aromatic carbocycles. The van der Waals surface area contributed by atoms with E-state index in [9.17, 15) is 19.2 Å². The Morgan fingerprint density at radius 1 is 0.909 bits per heavy atom. The molecule has 0 aromatic heterocycles. The Hall–Kier alpha value is -2.90. The molecule has 1 aliphatic heterocycles. The monoisotopic (exact) mass is 486 g/mol. The maximum atomic E-state index is 13.1. The van der Waals surface area contributed by atoms with E-state index in [2.05, 4.69) is 5.32 Å². The van der Waals surface area contributed by atoms with Crippen molar-refractivity contribution >= 4 is 58.3 Å². The molecule has 2 saturated carbocycles. The van der Waals surface area contributed by atoms with Gasteiger partial charge in [-0.2, -0.15) is 0 Å². The second kappa shape index (κ2) is 8.47. The lowest BCUT2D eigenvalue weighted by molar-refractivity contribution is -0.123. The molecule has 9 heteroatoms. The van der Waals surface area contributed by atoms with Gasteiger partial charge in [-0.05, 0) is 54.7 Å². The van der Waals surface area contributed by atoms with Crippen molar-refractivity contribution in [2.24, 2.45) is 23.7 Å².